The molecule has 1 fully saturated rings. The molecule has 1 saturated heterocycles. The van der Waals surface area contributed by atoms with Crippen LogP contribution in [0.2, 0.25) is 0 Å². The van der Waals surface area contributed by atoms with Gasteiger partial charge in [0.25, 0.3) is 0 Å². The SMILES string of the molecule is CCCCC(=O)NCC(=O)N1CCN(c2ccc(OC)cc2)CC1. The van der Waals surface area contributed by atoms with Crippen LogP contribution in [0, 0.1) is 0 Å². The summed E-state index contributed by atoms with van der Waals surface area (Å²) in [5, 5.41) is 2.71. The number of unbranched alkanes of at least 4 members (excludes halogenated alkanes) is 1. The number of ether oxygens (including phenoxy) is 1. The van der Waals surface area contributed by atoms with Gasteiger partial charge >= 0.3 is 0 Å². The first-order valence-electron chi connectivity index (χ1n) is 8.57. The predicted octanol–water partition coefficient (Wildman–Crippen LogP) is 1.65. The Bertz CT molecular complexity index is 537. The van der Waals surface area contributed by atoms with Gasteiger partial charge in [-0.1, -0.05) is 13.3 Å². The van der Waals surface area contributed by atoms with Crippen molar-refractivity contribution in [3.05, 3.63) is 24.3 Å². The number of hydrogen-bond donors (Lipinski definition) is 1. The van der Waals surface area contributed by atoms with Crippen LogP contribution in [0.15, 0.2) is 24.3 Å². The summed E-state index contributed by atoms with van der Waals surface area (Å²) in [7, 11) is 1.65. The number of rotatable bonds is 7. The molecule has 1 aliphatic rings. The summed E-state index contributed by atoms with van der Waals surface area (Å²) < 4.78 is 5.17. The smallest absolute Gasteiger partial charge is 0.242 e. The third kappa shape index (κ3) is 5.15. The van der Waals surface area contributed by atoms with Gasteiger partial charge in [-0.3, -0.25) is 9.59 Å². The Labute approximate surface area is 143 Å². The molecule has 0 bridgehead atoms. The molecule has 1 N–H and O–H groups in total. The van der Waals surface area contributed by atoms with Crippen molar-refractivity contribution in [3.63, 3.8) is 0 Å². The van der Waals surface area contributed by atoms with Gasteiger partial charge in [-0.2, -0.15) is 0 Å². The van der Waals surface area contributed by atoms with Crippen molar-refractivity contribution in [1.82, 2.24) is 10.2 Å². The molecule has 0 aliphatic carbocycles. The quantitative estimate of drug-likeness (QED) is 0.824. The highest BCUT2D eigenvalue weighted by Gasteiger charge is 2.21. The summed E-state index contributed by atoms with van der Waals surface area (Å²) in [4.78, 5) is 27.8. The van der Waals surface area contributed by atoms with E-state index in [4.69, 9.17) is 4.74 Å². The summed E-state index contributed by atoms with van der Waals surface area (Å²) in [5.41, 5.74) is 1.13. The second kappa shape index (κ2) is 9.15. The van der Waals surface area contributed by atoms with Crippen molar-refractivity contribution in [2.75, 3.05) is 44.7 Å². The molecule has 0 aromatic heterocycles. The highest BCUT2D eigenvalue weighted by molar-refractivity contribution is 5.84. The van der Waals surface area contributed by atoms with E-state index in [-0.39, 0.29) is 18.4 Å². The molecule has 0 atom stereocenters. The van der Waals surface area contributed by atoms with E-state index in [1.165, 1.54) is 0 Å². The van der Waals surface area contributed by atoms with Crippen molar-refractivity contribution in [2.45, 2.75) is 26.2 Å². The summed E-state index contributed by atoms with van der Waals surface area (Å²) >= 11 is 0. The number of methoxy groups -OCH3 is 1. The number of carbonyl (C=O) groups excluding carboxylic acids is 2. The van der Waals surface area contributed by atoms with E-state index in [0.29, 0.717) is 19.5 Å². The second-order valence-electron chi connectivity index (χ2n) is 5.95. The lowest BCUT2D eigenvalue weighted by Gasteiger charge is -2.36. The van der Waals surface area contributed by atoms with Gasteiger partial charge in [0.05, 0.1) is 13.7 Å². The van der Waals surface area contributed by atoms with E-state index in [1.54, 1.807) is 7.11 Å². The standard InChI is InChI=1S/C18H27N3O3/c1-3-4-5-17(22)19-14-18(23)21-12-10-20(11-13-21)15-6-8-16(24-2)9-7-15/h6-9H,3-5,10-14H2,1-2H3,(H,19,22). The van der Waals surface area contributed by atoms with E-state index in [2.05, 4.69) is 10.2 Å². The molecule has 1 aliphatic heterocycles. The molecule has 0 unspecified atom stereocenters. The van der Waals surface area contributed by atoms with Gasteiger partial charge in [-0.05, 0) is 30.7 Å². The summed E-state index contributed by atoms with van der Waals surface area (Å²) in [5.74, 6) is 0.794. The summed E-state index contributed by atoms with van der Waals surface area (Å²) in [6.45, 7) is 5.08. The molecule has 2 amide bonds. The second-order valence-corrected chi connectivity index (χ2v) is 5.95. The molecule has 6 nitrogen and oxygen atoms in total. The molecule has 2 rings (SSSR count). The summed E-state index contributed by atoms with van der Waals surface area (Å²) in [6.07, 6.45) is 2.34. The monoisotopic (exact) mass is 333 g/mol. The maximum absolute atomic E-state index is 12.2. The molecule has 24 heavy (non-hydrogen) atoms. The van der Waals surface area contributed by atoms with E-state index in [1.807, 2.05) is 36.1 Å². The van der Waals surface area contributed by atoms with Gasteiger partial charge in [-0.15, -0.1) is 0 Å². The minimum atomic E-state index is -0.0398. The molecular formula is C18H27N3O3. The van der Waals surface area contributed by atoms with Gasteiger partial charge in [0.1, 0.15) is 5.75 Å². The number of benzene rings is 1. The zero-order chi connectivity index (χ0) is 17.4. The Morgan fingerprint density at radius 1 is 1.12 bits per heavy atom. The topological polar surface area (TPSA) is 61.9 Å². The van der Waals surface area contributed by atoms with E-state index in [0.717, 1.165) is 37.4 Å². The molecule has 0 saturated carbocycles. The fraction of sp³-hybridized carbons (Fsp3) is 0.556. The largest absolute Gasteiger partial charge is 0.497 e. The lowest BCUT2D eigenvalue weighted by molar-refractivity contribution is -0.133. The molecule has 132 valence electrons. The molecule has 0 spiro atoms. The third-order valence-corrected chi connectivity index (χ3v) is 4.26. The fourth-order valence-corrected chi connectivity index (χ4v) is 2.72. The Hall–Kier alpha value is -2.24. The number of hydrogen-bond acceptors (Lipinski definition) is 4. The lowest BCUT2D eigenvalue weighted by atomic mass is 10.2. The van der Waals surface area contributed by atoms with E-state index in [9.17, 15) is 9.59 Å². The Morgan fingerprint density at radius 2 is 1.79 bits per heavy atom. The van der Waals surface area contributed by atoms with Crippen LogP contribution in [0.1, 0.15) is 26.2 Å². The number of carbonyl (C=O) groups is 2. The highest BCUT2D eigenvalue weighted by Crippen LogP contribution is 2.20. The van der Waals surface area contributed by atoms with Crippen molar-refractivity contribution >= 4 is 17.5 Å². The number of anilines is 1. The number of nitrogens with one attached hydrogen (secondary N) is 1. The molecular weight excluding hydrogens is 306 g/mol. The highest BCUT2D eigenvalue weighted by atomic mass is 16.5. The van der Waals surface area contributed by atoms with Crippen molar-refractivity contribution in [1.29, 1.82) is 0 Å². The van der Waals surface area contributed by atoms with Crippen LogP contribution in [0.3, 0.4) is 0 Å². The maximum atomic E-state index is 12.2. The third-order valence-electron chi connectivity index (χ3n) is 4.26. The first-order chi connectivity index (χ1) is 11.6. The number of piperazine rings is 1. The van der Waals surface area contributed by atoms with Gasteiger partial charge in [-0.25, -0.2) is 0 Å². The molecule has 1 heterocycles. The average Bonchev–Trinajstić information content (AvgIpc) is 2.64. The van der Waals surface area contributed by atoms with Crippen LogP contribution >= 0.6 is 0 Å². The minimum Gasteiger partial charge on any atom is -0.497 e. The van der Waals surface area contributed by atoms with Crippen LogP contribution in [-0.2, 0) is 9.59 Å². The molecule has 6 heteroatoms. The van der Waals surface area contributed by atoms with Gasteiger partial charge in [0, 0.05) is 38.3 Å². The molecule has 1 aromatic rings. The van der Waals surface area contributed by atoms with Crippen LogP contribution in [-0.4, -0.2) is 56.5 Å². The van der Waals surface area contributed by atoms with Crippen molar-refractivity contribution in [2.24, 2.45) is 0 Å². The average molecular weight is 333 g/mol. The van der Waals surface area contributed by atoms with Crippen molar-refractivity contribution in [3.8, 4) is 5.75 Å². The predicted molar refractivity (Wildman–Crippen MR) is 94.3 cm³/mol. The first kappa shape index (κ1) is 18.1. The van der Waals surface area contributed by atoms with E-state index >= 15 is 0 Å². The van der Waals surface area contributed by atoms with Crippen LogP contribution < -0.4 is 15.0 Å². The Morgan fingerprint density at radius 3 is 2.38 bits per heavy atom. The molecule has 0 radical (unpaired) electrons. The van der Waals surface area contributed by atoms with Gasteiger partial charge < -0.3 is 19.9 Å². The fourth-order valence-electron chi connectivity index (χ4n) is 2.72. The van der Waals surface area contributed by atoms with E-state index < -0.39 is 0 Å². The normalized spacial score (nSPS) is 14.4. The minimum absolute atomic E-state index is 0.00534. The number of amides is 2. The Balaban J connectivity index is 1.75. The first-order valence-corrected chi connectivity index (χ1v) is 8.57. The van der Waals surface area contributed by atoms with Crippen LogP contribution in [0.25, 0.3) is 0 Å². The van der Waals surface area contributed by atoms with Crippen molar-refractivity contribution < 1.29 is 14.3 Å². The number of nitrogens with zero attached hydrogens (tertiary/aromatic N) is 2. The maximum Gasteiger partial charge on any atom is 0.242 e. The van der Waals surface area contributed by atoms with Crippen LogP contribution in [0.5, 0.6) is 5.75 Å². The zero-order valence-electron chi connectivity index (χ0n) is 14.6. The molecule has 1 aromatic carbocycles. The lowest BCUT2D eigenvalue weighted by Crippen LogP contribution is -2.51. The van der Waals surface area contributed by atoms with Crippen LogP contribution in [0.4, 0.5) is 5.69 Å². The summed E-state index contributed by atoms with van der Waals surface area (Å²) in [6, 6.07) is 7.95. The van der Waals surface area contributed by atoms with Gasteiger partial charge in [0.15, 0.2) is 0 Å². The Kier molecular flexibility index (Phi) is 6.90. The zero-order valence-corrected chi connectivity index (χ0v) is 14.6. The van der Waals surface area contributed by atoms with Gasteiger partial charge in [0.2, 0.25) is 11.8 Å².